The Bertz CT molecular complexity index is 464. The summed E-state index contributed by atoms with van der Waals surface area (Å²) in [6, 6.07) is -1.59. The van der Waals surface area contributed by atoms with Crippen molar-refractivity contribution >= 4 is 12.0 Å². The number of amides is 2. The van der Waals surface area contributed by atoms with Gasteiger partial charge in [0.25, 0.3) is 0 Å². The Kier molecular flexibility index (Phi) is 4.47. The first-order chi connectivity index (χ1) is 8.70. The molecule has 1 atom stereocenters. The third-order valence-corrected chi connectivity index (χ3v) is 2.36. The van der Waals surface area contributed by atoms with E-state index in [9.17, 15) is 9.59 Å². The maximum atomic E-state index is 11.6. The molecule has 1 aromatic heterocycles. The fourth-order valence-electron chi connectivity index (χ4n) is 1.40. The van der Waals surface area contributed by atoms with E-state index in [1.165, 1.54) is 0 Å². The molecule has 0 bridgehead atoms. The van der Waals surface area contributed by atoms with E-state index in [0.29, 0.717) is 5.82 Å². The van der Waals surface area contributed by atoms with Gasteiger partial charge in [-0.1, -0.05) is 25.9 Å². The molecule has 0 aliphatic rings. The number of aromatic nitrogens is 2. The maximum absolute atomic E-state index is 11.6. The highest BCUT2D eigenvalue weighted by molar-refractivity contribution is 5.83. The molecule has 8 heteroatoms. The molecule has 0 spiro atoms. The highest BCUT2D eigenvalue weighted by Crippen LogP contribution is 2.19. The first-order valence-electron chi connectivity index (χ1n) is 5.76. The highest BCUT2D eigenvalue weighted by Gasteiger charge is 2.32. The monoisotopic (exact) mass is 270 g/mol. The first-order valence-corrected chi connectivity index (χ1v) is 5.76. The van der Waals surface area contributed by atoms with Crippen LogP contribution in [-0.4, -0.2) is 33.3 Å². The standard InChI is InChI=1S/C11H18N4O4/c1-6-13-7(19-15-6)5-12-10(18)14-8(9(16)17)11(2,3)4/h8H,5H2,1-4H3,(H,16,17)(H2,12,14,18)/t8-/m0/s1. The fraction of sp³-hybridized carbons (Fsp3) is 0.636. The van der Waals surface area contributed by atoms with Gasteiger partial charge in [0.05, 0.1) is 6.54 Å². The Morgan fingerprint density at radius 2 is 2.05 bits per heavy atom. The SMILES string of the molecule is Cc1noc(CNC(=O)N[C@@H](C(=O)O)C(C)(C)C)n1. The molecule has 106 valence electrons. The van der Waals surface area contributed by atoms with Crippen LogP contribution in [0.4, 0.5) is 4.79 Å². The smallest absolute Gasteiger partial charge is 0.326 e. The highest BCUT2D eigenvalue weighted by atomic mass is 16.5. The van der Waals surface area contributed by atoms with Gasteiger partial charge in [-0.05, 0) is 12.3 Å². The molecular formula is C11H18N4O4. The second-order valence-electron chi connectivity index (χ2n) is 5.20. The predicted molar refractivity (Wildman–Crippen MR) is 65.3 cm³/mol. The van der Waals surface area contributed by atoms with Crippen LogP contribution in [0.15, 0.2) is 4.52 Å². The molecule has 0 saturated heterocycles. The van der Waals surface area contributed by atoms with Crippen molar-refractivity contribution in [1.82, 2.24) is 20.8 Å². The number of aliphatic carboxylic acids is 1. The zero-order valence-electron chi connectivity index (χ0n) is 11.4. The minimum absolute atomic E-state index is 0.0448. The van der Waals surface area contributed by atoms with Crippen molar-refractivity contribution in [1.29, 1.82) is 0 Å². The third-order valence-electron chi connectivity index (χ3n) is 2.36. The second kappa shape index (κ2) is 5.68. The summed E-state index contributed by atoms with van der Waals surface area (Å²) >= 11 is 0. The van der Waals surface area contributed by atoms with Crippen LogP contribution in [0.5, 0.6) is 0 Å². The number of aryl methyl sites for hydroxylation is 1. The lowest BCUT2D eigenvalue weighted by Gasteiger charge is -2.27. The molecule has 8 nitrogen and oxygen atoms in total. The van der Waals surface area contributed by atoms with Crippen LogP contribution in [0.25, 0.3) is 0 Å². The van der Waals surface area contributed by atoms with Gasteiger partial charge in [-0.3, -0.25) is 0 Å². The maximum Gasteiger partial charge on any atom is 0.326 e. The van der Waals surface area contributed by atoms with Gasteiger partial charge in [-0.15, -0.1) is 0 Å². The first kappa shape index (κ1) is 14.9. The van der Waals surface area contributed by atoms with Crippen LogP contribution >= 0.6 is 0 Å². The van der Waals surface area contributed by atoms with E-state index in [1.54, 1.807) is 27.7 Å². The van der Waals surface area contributed by atoms with Crippen molar-refractivity contribution in [2.75, 3.05) is 0 Å². The quantitative estimate of drug-likeness (QED) is 0.740. The Morgan fingerprint density at radius 1 is 1.42 bits per heavy atom. The van der Waals surface area contributed by atoms with Gasteiger partial charge >= 0.3 is 12.0 Å². The number of hydrogen-bond acceptors (Lipinski definition) is 5. The number of nitrogens with zero attached hydrogens (tertiary/aromatic N) is 2. The van der Waals surface area contributed by atoms with Crippen molar-refractivity contribution in [3.63, 3.8) is 0 Å². The number of urea groups is 1. The van der Waals surface area contributed by atoms with Gasteiger partial charge in [0, 0.05) is 0 Å². The molecule has 0 unspecified atom stereocenters. The van der Waals surface area contributed by atoms with Crippen LogP contribution in [-0.2, 0) is 11.3 Å². The number of carboxylic acids is 1. The Morgan fingerprint density at radius 3 is 2.47 bits per heavy atom. The van der Waals surface area contributed by atoms with E-state index < -0.39 is 23.5 Å². The largest absolute Gasteiger partial charge is 0.480 e. The normalized spacial score (nSPS) is 12.8. The molecule has 0 aliphatic carbocycles. The molecule has 0 aromatic carbocycles. The predicted octanol–water partition coefficient (Wildman–Crippen LogP) is 0.677. The molecule has 2 amide bonds. The number of carboxylic acid groups (broad SMARTS) is 1. The summed E-state index contributed by atoms with van der Waals surface area (Å²) < 4.78 is 4.81. The van der Waals surface area contributed by atoms with Crippen molar-refractivity contribution in [2.24, 2.45) is 5.41 Å². The lowest BCUT2D eigenvalue weighted by Crippen LogP contribution is -2.52. The average molecular weight is 270 g/mol. The van der Waals surface area contributed by atoms with Crippen LogP contribution < -0.4 is 10.6 Å². The van der Waals surface area contributed by atoms with Crippen molar-refractivity contribution in [3.8, 4) is 0 Å². The average Bonchev–Trinajstić information content (AvgIpc) is 2.67. The molecule has 1 heterocycles. The van der Waals surface area contributed by atoms with Gasteiger partial charge in [-0.2, -0.15) is 4.98 Å². The summed E-state index contributed by atoms with van der Waals surface area (Å²) in [5.74, 6) is -0.359. The molecule has 0 fully saturated rings. The summed E-state index contributed by atoms with van der Waals surface area (Å²) in [4.78, 5) is 26.6. The lowest BCUT2D eigenvalue weighted by molar-refractivity contribution is -0.141. The molecule has 0 saturated carbocycles. The minimum Gasteiger partial charge on any atom is -0.480 e. The summed E-state index contributed by atoms with van der Waals surface area (Å²) in [6.07, 6.45) is 0. The number of rotatable bonds is 4. The molecular weight excluding hydrogens is 252 g/mol. The van der Waals surface area contributed by atoms with Gasteiger partial charge < -0.3 is 20.3 Å². The summed E-state index contributed by atoms with van der Waals surface area (Å²) in [5.41, 5.74) is -0.593. The van der Waals surface area contributed by atoms with Crippen LogP contribution in [0, 0.1) is 12.3 Å². The number of hydrogen-bond donors (Lipinski definition) is 3. The molecule has 1 rings (SSSR count). The van der Waals surface area contributed by atoms with Crippen molar-refractivity contribution < 1.29 is 19.2 Å². The topological polar surface area (TPSA) is 117 Å². The summed E-state index contributed by atoms with van der Waals surface area (Å²) in [5, 5.41) is 17.5. The van der Waals surface area contributed by atoms with Crippen LogP contribution in [0.3, 0.4) is 0 Å². The summed E-state index contributed by atoms with van der Waals surface area (Å²) in [7, 11) is 0. The van der Waals surface area contributed by atoms with Gasteiger partial charge in [0.1, 0.15) is 6.04 Å². The van der Waals surface area contributed by atoms with E-state index >= 15 is 0 Å². The lowest BCUT2D eigenvalue weighted by atomic mass is 9.87. The van der Waals surface area contributed by atoms with Gasteiger partial charge in [-0.25, -0.2) is 9.59 Å². The van der Waals surface area contributed by atoms with Crippen LogP contribution in [0.1, 0.15) is 32.5 Å². The van der Waals surface area contributed by atoms with Gasteiger partial charge in [0.2, 0.25) is 5.89 Å². The van der Waals surface area contributed by atoms with E-state index in [2.05, 4.69) is 20.8 Å². The van der Waals surface area contributed by atoms with Gasteiger partial charge in [0.15, 0.2) is 5.82 Å². The number of carbonyl (C=O) groups excluding carboxylic acids is 1. The van der Waals surface area contributed by atoms with Crippen molar-refractivity contribution in [2.45, 2.75) is 40.3 Å². The molecule has 0 aliphatic heterocycles. The molecule has 1 aromatic rings. The van der Waals surface area contributed by atoms with Crippen molar-refractivity contribution in [3.05, 3.63) is 11.7 Å². The minimum atomic E-state index is -1.09. The molecule has 0 radical (unpaired) electrons. The molecule has 19 heavy (non-hydrogen) atoms. The Labute approximate surface area is 110 Å². The van der Waals surface area contributed by atoms with E-state index in [-0.39, 0.29) is 12.4 Å². The number of carbonyl (C=O) groups is 2. The molecule has 3 N–H and O–H groups in total. The fourth-order valence-corrected chi connectivity index (χ4v) is 1.40. The Balaban J connectivity index is 2.52. The zero-order valence-corrected chi connectivity index (χ0v) is 11.4. The van der Waals surface area contributed by atoms with Crippen LogP contribution in [0.2, 0.25) is 0 Å². The number of nitrogens with one attached hydrogen (secondary N) is 2. The summed E-state index contributed by atoms with van der Waals surface area (Å²) in [6.45, 7) is 6.89. The Hall–Kier alpha value is -2.12. The third kappa shape index (κ3) is 4.57. The van der Waals surface area contributed by atoms with E-state index in [1.807, 2.05) is 0 Å². The zero-order chi connectivity index (χ0) is 14.6. The second-order valence-corrected chi connectivity index (χ2v) is 5.20. The van der Waals surface area contributed by atoms with E-state index in [0.717, 1.165) is 0 Å². The van der Waals surface area contributed by atoms with E-state index in [4.69, 9.17) is 9.63 Å².